The highest BCUT2D eigenvalue weighted by atomic mass is 35.5. The molecule has 0 saturated carbocycles. The van der Waals surface area contributed by atoms with Gasteiger partial charge < -0.3 is 20.2 Å². The maximum absolute atomic E-state index is 13.1. The standard InChI is InChI=1S/C34H34Cl2N4O3S/c1-22(37-21-39(2)20-23-7-4-3-5-8-23)17-29(34(42)43)38-33(41)24-11-14-40(15-12-24)27-10-6-9-25(18-27)28-19-26-13-16-44-32(26)31(36)30(28)35/h3-10,13,16,18-19,21,24,29H,1,11-12,14-15,17,20H2,2H3,(H,38,41)(H,42,43). The largest absolute Gasteiger partial charge is 0.480 e. The number of anilines is 1. The fourth-order valence-electron chi connectivity index (χ4n) is 5.40. The molecule has 1 amide bonds. The van der Waals surface area contributed by atoms with Gasteiger partial charge in [0, 0.05) is 56.0 Å². The molecule has 0 aliphatic carbocycles. The minimum absolute atomic E-state index is 0.0200. The molecule has 1 atom stereocenters. The summed E-state index contributed by atoms with van der Waals surface area (Å²) in [6.45, 7) is 5.91. The highest BCUT2D eigenvalue weighted by Gasteiger charge is 2.29. The number of aliphatic carboxylic acids is 1. The van der Waals surface area contributed by atoms with Crippen molar-refractivity contribution in [3.05, 3.63) is 100.0 Å². The van der Waals surface area contributed by atoms with Gasteiger partial charge in [0.15, 0.2) is 0 Å². The average molecular weight is 650 g/mol. The van der Waals surface area contributed by atoms with Crippen molar-refractivity contribution >= 4 is 68.5 Å². The van der Waals surface area contributed by atoms with Gasteiger partial charge in [-0.3, -0.25) is 4.79 Å². The molecule has 3 aromatic carbocycles. The molecule has 1 fully saturated rings. The molecule has 0 bridgehead atoms. The SMILES string of the molecule is C=C(CC(NC(=O)C1CCN(c2cccc(-c3cc4ccsc4c(Cl)c3Cl)c2)CC1)C(=O)O)N=CN(C)Cc1ccccc1. The zero-order valence-electron chi connectivity index (χ0n) is 24.4. The van der Waals surface area contributed by atoms with Gasteiger partial charge in [-0.05, 0) is 59.0 Å². The fraction of sp³-hybridized carbons (Fsp3) is 0.265. The van der Waals surface area contributed by atoms with E-state index in [0.717, 1.165) is 32.5 Å². The summed E-state index contributed by atoms with van der Waals surface area (Å²) in [7, 11) is 1.89. The topological polar surface area (TPSA) is 85.2 Å². The number of hydrogen-bond acceptors (Lipinski definition) is 5. The molecule has 5 rings (SSSR count). The first-order valence-electron chi connectivity index (χ1n) is 14.4. The van der Waals surface area contributed by atoms with Gasteiger partial charge in [-0.25, -0.2) is 9.79 Å². The van der Waals surface area contributed by atoms with E-state index < -0.39 is 12.0 Å². The van der Waals surface area contributed by atoms with Gasteiger partial charge in [-0.2, -0.15) is 0 Å². The number of carbonyl (C=O) groups excluding carboxylic acids is 1. The highest BCUT2D eigenvalue weighted by Crippen LogP contribution is 2.42. The van der Waals surface area contributed by atoms with E-state index in [1.807, 2.05) is 71.9 Å². The summed E-state index contributed by atoms with van der Waals surface area (Å²) in [4.78, 5) is 33.5. The van der Waals surface area contributed by atoms with Crippen LogP contribution < -0.4 is 10.2 Å². The van der Waals surface area contributed by atoms with Gasteiger partial charge in [0.25, 0.3) is 0 Å². The molecular weight excluding hydrogens is 615 g/mol. The van der Waals surface area contributed by atoms with Gasteiger partial charge in [0.1, 0.15) is 6.04 Å². The minimum atomic E-state index is -1.11. The van der Waals surface area contributed by atoms with Crippen LogP contribution >= 0.6 is 34.5 Å². The minimum Gasteiger partial charge on any atom is -0.480 e. The molecule has 1 aliphatic rings. The molecule has 0 radical (unpaired) electrons. The third kappa shape index (κ3) is 7.62. The Balaban J connectivity index is 1.15. The van der Waals surface area contributed by atoms with E-state index in [2.05, 4.69) is 33.9 Å². The molecule has 1 aliphatic heterocycles. The van der Waals surface area contributed by atoms with Crippen LogP contribution in [0.3, 0.4) is 0 Å². The molecule has 0 spiro atoms. The van der Waals surface area contributed by atoms with Crippen LogP contribution in [0.25, 0.3) is 21.2 Å². The first kappa shape index (κ1) is 31.6. The number of piperidine rings is 1. The molecule has 1 saturated heterocycles. The van der Waals surface area contributed by atoms with Crippen molar-refractivity contribution in [2.75, 3.05) is 25.0 Å². The molecule has 1 unspecified atom stereocenters. The molecule has 4 aromatic rings. The number of benzene rings is 3. The Morgan fingerprint density at radius 2 is 1.86 bits per heavy atom. The number of nitrogens with one attached hydrogen (secondary N) is 1. The lowest BCUT2D eigenvalue weighted by Gasteiger charge is -2.33. The van der Waals surface area contributed by atoms with Crippen LogP contribution in [0.4, 0.5) is 5.69 Å². The van der Waals surface area contributed by atoms with E-state index in [-0.39, 0.29) is 18.2 Å². The Hall–Kier alpha value is -3.85. The number of hydrogen-bond donors (Lipinski definition) is 2. The van der Waals surface area contributed by atoms with Gasteiger partial charge in [0.05, 0.1) is 21.1 Å². The zero-order chi connectivity index (χ0) is 31.2. The van der Waals surface area contributed by atoms with Gasteiger partial charge in [0.2, 0.25) is 5.91 Å². The number of halogens is 2. The molecule has 1 aromatic heterocycles. The lowest BCUT2D eigenvalue weighted by Crippen LogP contribution is -2.46. The number of carbonyl (C=O) groups is 2. The number of amides is 1. The second-order valence-corrected chi connectivity index (χ2v) is 12.7. The van der Waals surface area contributed by atoms with Crippen molar-refractivity contribution < 1.29 is 14.7 Å². The summed E-state index contributed by atoms with van der Waals surface area (Å²) in [5.74, 6) is -1.64. The first-order valence-corrected chi connectivity index (χ1v) is 16.0. The van der Waals surface area contributed by atoms with Crippen LogP contribution in [0.1, 0.15) is 24.8 Å². The Kier molecular flexibility index (Phi) is 10.3. The van der Waals surface area contributed by atoms with Crippen molar-refractivity contribution in [3.8, 4) is 11.1 Å². The lowest BCUT2D eigenvalue weighted by molar-refractivity contribution is -0.142. The van der Waals surface area contributed by atoms with Crippen LogP contribution in [-0.4, -0.2) is 54.4 Å². The second kappa shape index (κ2) is 14.3. The molecule has 10 heteroatoms. The van der Waals surface area contributed by atoms with Crippen LogP contribution in [0.5, 0.6) is 0 Å². The van der Waals surface area contributed by atoms with Crippen LogP contribution in [-0.2, 0) is 16.1 Å². The predicted molar refractivity (Wildman–Crippen MR) is 182 cm³/mol. The summed E-state index contributed by atoms with van der Waals surface area (Å²) in [6.07, 6.45) is 2.87. The number of carboxylic acids is 1. The Morgan fingerprint density at radius 1 is 1.11 bits per heavy atom. The van der Waals surface area contributed by atoms with Gasteiger partial charge in [-0.1, -0.05) is 72.2 Å². The second-order valence-electron chi connectivity index (χ2n) is 11.0. The summed E-state index contributed by atoms with van der Waals surface area (Å²) in [5.41, 5.74) is 4.40. The van der Waals surface area contributed by atoms with E-state index in [1.54, 1.807) is 17.7 Å². The van der Waals surface area contributed by atoms with Crippen molar-refractivity contribution in [3.63, 3.8) is 0 Å². The smallest absolute Gasteiger partial charge is 0.326 e. The van der Waals surface area contributed by atoms with Crippen LogP contribution in [0.15, 0.2) is 89.4 Å². The summed E-state index contributed by atoms with van der Waals surface area (Å²) >= 11 is 14.8. The maximum atomic E-state index is 13.1. The normalized spacial score (nSPS) is 14.6. The van der Waals surface area contributed by atoms with Crippen LogP contribution in [0.2, 0.25) is 10.0 Å². The Labute approximate surface area is 271 Å². The first-order chi connectivity index (χ1) is 21.2. The monoisotopic (exact) mass is 648 g/mol. The van der Waals surface area contributed by atoms with Crippen molar-refractivity contribution in [2.45, 2.75) is 31.8 Å². The summed E-state index contributed by atoms with van der Waals surface area (Å²) in [5, 5.41) is 16.7. The van der Waals surface area contributed by atoms with E-state index in [1.165, 1.54) is 0 Å². The molecule has 2 heterocycles. The number of thiophene rings is 1. The van der Waals surface area contributed by atoms with E-state index >= 15 is 0 Å². The number of fused-ring (bicyclic) bond motifs is 1. The van der Waals surface area contributed by atoms with Gasteiger partial charge in [-0.15, -0.1) is 11.3 Å². The van der Waals surface area contributed by atoms with Crippen molar-refractivity contribution in [1.29, 1.82) is 0 Å². The van der Waals surface area contributed by atoms with E-state index in [0.29, 0.717) is 48.2 Å². The number of carboxylic acid groups (broad SMARTS) is 1. The fourth-order valence-corrected chi connectivity index (χ4v) is 6.88. The lowest BCUT2D eigenvalue weighted by atomic mass is 9.94. The average Bonchev–Trinajstić information content (AvgIpc) is 3.51. The van der Waals surface area contributed by atoms with E-state index in [9.17, 15) is 14.7 Å². The Morgan fingerprint density at radius 3 is 2.59 bits per heavy atom. The molecular formula is C34H34Cl2N4O3S. The van der Waals surface area contributed by atoms with Crippen molar-refractivity contribution in [2.24, 2.45) is 10.9 Å². The van der Waals surface area contributed by atoms with E-state index in [4.69, 9.17) is 23.2 Å². The quantitative estimate of drug-likeness (QED) is 0.128. The number of aliphatic imine (C=N–C) groups is 1. The zero-order valence-corrected chi connectivity index (χ0v) is 26.7. The number of nitrogens with zero attached hydrogens (tertiary/aromatic N) is 3. The third-order valence-electron chi connectivity index (χ3n) is 7.78. The maximum Gasteiger partial charge on any atom is 0.326 e. The molecule has 2 N–H and O–H groups in total. The van der Waals surface area contributed by atoms with Crippen molar-refractivity contribution in [1.82, 2.24) is 10.2 Å². The Bertz CT molecular complexity index is 1680. The molecule has 228 valence electrons. The summed E-state index contributed by atoms with van der Waals surface area (Å²) < 4.78 is 0.977. The summed E-state index contributed by atoms with van der Waals surface area (Å²) in [6, 6.07) is 21.1. The molecule has 7 nitrogen and oxygen atoms in total. The van der Waals surface area contributed by atoms with Gasteiger partial charge >= 0.3 is 5.97 Å². The predicted octanol–water partition coefficient (Wildman–Crippen LogP) is 7.73. The molecule has 44 heavy (non-hydrogen) atoms. The highest BCUT2D eigenvalue weighted by molar-refractivity contribution is 7.18. The third-order valence-corrected chi connectivity index (χ3v) is 9.71. The van der Waals surface area contributed by atoms with Crippen LogP contribution in [0, 0.1) is 5.92 Å². The number of rotatable bonds is 11.